The van der Waals surface area contributed by atoms with Gasteiger partial charge in [0.25, 0.3) is 0 Å². The first-order chi connectivity index (χ1) is 17.1. The Kier molecular flexibility index (Phi) is 5.29. The van der Waals surface area contributed by atoms with Crippen LogP contribution in [0.25, 0.3) is 28.2 Å². The van der Waals surface area contributed by atoms with Crippen molar-refractivity contribution < 1.29 is 0 Å². The topological polar surface area (TPSA) is 92.3 Å². The zero-order valence-corrected chi connectivity index (χ0v) is 20.2. The van der Waals surface area contributed by atoms with Gasteiger partial charge >= 0.3 is 0 Å². The molecule has 5 heterocycles. The minimum atomic E-state index is 0.665. The van der Waals surface area contributed by atoms with Crippen LogP contribution in [0.3, 0.4) is 0 Å². The number of rotatable bonds is 5. The monoisotopic (exact) mass is 468 g/mol. The molecule has 10 heteroatoms. The maximum atomic E-state index is 5.00. The Balaban J connectivity index is 1.52. The number of imidazole rings is 1. The number of nitrogens with one attached hydrogen (secondary N) is 1. The highest BCUT2D eigenvalue weighted by Gasteiger charge is 2.21. The minimum Gasteiger partial charge on any atom is -0.370 e. The van der Waals surface area contributed by atoms with Gasteiger partial charge in [-0.25, -0.2) is 15.0 Å². The quantitative estimate of drug-likeness (QED) is 0.421. The third-order valence-corrected chi connectivity index (χ3v) is 6.66. The lowest BCUT2D eigenvalue weighted by atomic mass is 10.2. The van der Waals surface area contributed by atoms with E-state index in [1.807, 2.05) is 36.8 Å². The molecule has 1 N–H and O–H groups in total. The highest BCUT2D eigenvalue weighted by Crippen LogP contribution is 2.29. The number of piperazine rings is 1. The summed E-state index contributed by atoms with van der Waals surface area (Å²) in [6.07, 6.45) is 3.85. The molecule has 0 radical (unpaired) electrons. The van der Waals surface area contributed by atoms with Crippen molar-refractivity contribution in [2.24, 2.45) is 0 Å². The fourth-order valence-corrected chi connectivity index (χ4v) is 4.63. The van der Waals surface area contributed by atoms with Gasteiger partial charge in [0.1, 0.15) is 22.9 Å². The fraction of sp³-hybridized carbons (Fsp3) is 0.320. The summed E-state index contributed by atoms with van der Waals surface area (Å²) in [4.78, 5) is 19.3. The van der Waals surface area contributed by atoms with Crippen LogP contribution < -0.4 is 10.2 Å². The zero-order chi connectivity index (χ0) is 23.9. The van der Waals surface area contributed by atoms with E-state index in [0.717, 1.165) is 60.4 Å². The first-order valence-corrected chi connectivity index (χ1v) is 11.8. The molecule has 10 nitrogen and oxygen atoms in total. The molecule has 6 rings (SSSR count). The number of anilines is 2. The van der Waals surface area contributed by atoms with Gasteiger partial charge in [-0.1, -0.05) is 30.3 Å². The number of hydrogen-bond donors (Lipinski definition) is 1. The van der Waals surface area contributed by atoms with Gasteiger partial charge in [0, 0.05) is 52.0 Å². The van der Waals surface area contributed by atoms with Crippen molar-refractivity contribution in [2.45, 2.75) is 13.5 Å². The van der Waals surface area contributed by atoms with E-state index in [1.54, 1.807) is 0 Å². The summed E-state index contributed by atoms with van der Waals surface area (Å²) in [5.41, 5.74) is 4.53. The van der Waals surface area contributed by atoms with Crippen LogP contribution in [0.2, 0.25) is 0 Å². The van der Waals surface area contributed by atoms with E-state index in [2.05, 4.69) is 67.3 Å². The number of likely N-dealkylation sites (N-methyl/N-ethyl adjacent to an activating group) is 1. The Morgan fingerprint density at radius 2 is 1.80 bits per heavy atom. The standard InChI is InChI=1S/C25H28N10/c1-17-30-31-25-23(26-2)28-20(16-34(17)25)24-29-19-14-27-22(33-11-9-32(3)10-12-33)13-21(19)35(24)15-18-7-5-4-6-8-18/h4-8,13-14,16H,9-12,15H2,1-3H3,(H,26,28). The predicted octanol–water partition coefficient (Wildman–Crippen LogP) is 2.69. The minimum absolute atomic E-state index is 0.665. The molecule has 35 heavy (non-hydrogen) atoms. The van der Waals surface area contributed by atoms with E-state index in [-0.39, 0.29) is 0 Å². The highest BCUT2D eigenvalue weighted by atomic mass is 15.3. The summed E-state index contributed by atoms with van der Waals surface area (Å²) < 4.78 is 4.19. The fourth-order valence-electron chi connectivity index (χ4n) is 4.63. The smallest absolute Gasteiger partial charge is 0.203 e. The van der Waals surface area contributed by atoms with E-state index in [9.17, 15) is 0 Å². The molecule has 1 aromatic carbocycles. The number of pyridine rings is 1. The third kappa shape index (κ3) is 3.85. The normalized spacial score (nSPS) is 14.8. The zero-order valence-electron chi connectivity index (χ0n) is 20.2. The Hall–Kier alpha value is -4.05. The second-order valence-corrected chi connectivity index (χ2v) is 8.99. The summed E-state index contributed by atoms with van der Waals surface area (Å²) >= 11 is 0. The number of benzene rings is 1. The summed E-state index contributed by atoms with van der Waals surface area (Å²) in [5.74, 6) is 3.23. The van der Waals surface area contributed by atoms with Crippen molar-refractivity contribution >= 4 is 28.3 Å². The van der Waals surface area contributed by atoms with Gasteiger partial charge in [0.2, 0.25) is 5.65 Å². The van der Waals surface area contributed by atoms with Crippen LogP contribution in [-0.2, 0) is 6.54 Å². The molecule has 0 unspecified atom stereocenters. The van der Waals surface area contributed by atoms with Crippen molar-refractivity contribution in [2.75, 3.05) is 50.5 Å². The van der Waals surface area contributed by atoms with Crippen LogP contribution >= 0.6 is 0 Å². The molecule has 1 fully saturated rings. The van der Waals surface area contributed by atoms with E-state index in [4.69, 9.17) is 15.0 Å². The predicted molar refractivity (Wildman–Crippen MR) is 137 cm³/mol. The second kappa shape index (κ2) is 8.62. The molecule has 0 amide bonds. The van der Waals surface area contributed by atoms with Gasteiger partial charge in [-0.2, -0.15) is 0 Å². The van der Waals surface area contributed by atoms with Crippen LogP contribution in [0, 0.1) is 6.92 Å². The number of hydrogen-bond acceptors (Lipinski definition) is 8. The van der Waals surface area contributed by atoms with Gasteiger partial charge in [0.05, 0.1) is 11.7 Å². The Bertz CT molecular complexity index is 1500. The van der Waals surface area contributed by atoms with Crippen molar-refractivity contribution in [3.05, 3.63) is 60.2 Å². The Morgan fingerprint density at radius 3 is 2.57 bits per heavy atom. The molecular weight excluding hydrogens is 440 g/mol. The van der Waals surface area contributed by atoms with Crippen molar-refractivity contribution in [1.82, 2.24) is 39.0 Å². The number of nitrogens with zero attached hydrogens (tertiary/aromatic N) is 9. The molecule has 0 saturated carbocycles. The first kappa shape index (κ1) is 21.5. The van der Waals surface area contributed by atoms with Crippen molar-refractivity contribution in [3.63, 3.8) is 0 Å². The Morgan fingerprint density at radius 1 is 1.00 bits per heavy atom. The molecule has 1 aliphatic rings. The van der Waals surface area contributed by atoms with Crippen molar-refractivity contribution in [3.8, 4) is 11.5 Å². The molecule has 0 atom stereocenters. The molecule has 0 aliphatic carbocycles. The van der Waals surface area contributed by atoms with E-state index in [1.165, 1.54) is 5.56 Å². The molecular formula is C25H28N10. The Labute approximate surface area is 203 Å². The van der Waals surface area contributed by atoms with Crippen LogP contribution in [0.15, 0.2) is 48.8 Å². The lowest BCUT2D eigenvalue weighted by molar-refractivity contribution is 0.312. The van der Waals surface area contributed by atoms with Gasteiger partial charge < -0.3 is 19.7 Å². The third-order valence-electron chi connectivity index (χ3n) is 6.66. The molecule has 4 aromatic heterocycles. The van der Waals surface area contributed by atoms with Gasteiger partial charge in [-0.15, -0.1) is 10.2 Å². The molecule has 0 spiro atoms. The lowest BCUT2D eigenvalue weighted by Crippen LogP contribution is -2.44. The molecule has 5 aromatic rings. The maximum Gasteiger partial charge on any atom is 0.203 e. The summed E-state index contributed by atoms with van der Waals surface area (Å²) in [7, 11) is 4.01. The van der Waals surface area contributed by atoms with E-state index in [0.29, 0.717) is 18.0 Å². The van der Waals surface area contributed by atoms with E-state index >= 15 is 0 Å². The van der Waals surface area contributed by atoms with Gasteiger partial charge in [0.15, 0.2) is 11.6 Å². The molecule has 1 saturated heterocycles. The van der Waals surface area contributed by atoms with Crippen LogP contribution in [0.1, 0.15) is 11.4 Å². The van der Waals surface area contributed by atoms with Gasteiger partial charge in [-0.3, -0.25) is 4.40 Å². The summed E-state index contributed by atoms with van der Waals surface area (Å²) in [6.45, 7) is 6.60. The van der Waals surface area contributed by atoms with Crippen LogP contribution in [0.4, 0.5) is 11.6 Å². The molecule has 178 valence electrons. The first-order valence-electron chi connectivity index (χ1n) is 11.8. The highest BCUT2D eigenvalue weighted by molar-refractivity contribution is 5.82. The van der Waals surface area contributed by atoms with Crippen molar-refractivity contribution in [1.29, 1.82) is 0 Å². The second-order valence-electron chi connectivity index (χ2n) is 8.99. The average Bonchev–Trinajstić information content (AvgIpc) is 3.44. The van der Waals surface area contributed by atoms with Crippen LogP contribution in [-0.4, -0.2) is 79.3 Å². The van der Waals surface area contributed by atoms with E-state index < -0.39 is 0 Å². The summed E-state index contributed by atoms with van der Waals surface area (Å²) in [5, 5.41) is 11.7. The molecule has 0 bridgehead atoms. The maximum absolute atomic E-state index is 5.00. The van der Waals surface area contributed by atoms with Crippen LogP contribution in [0.5, 0.6) is 0 Å². The average molecular weight is 469 g/mol. The largest absolute Gasteiger partial charge is 0.370 e. The summed E-state index contributed by atoms with van der Waals surface area (Å²) in [6, 6.07) is 12.6. The number of aryl methyl sites for hydroxylation is 1. The van der Waals surface area contributed by atoms with Gasteiger partial charge in [-0.05, 0) is 19.5 Å². The SMILES string of the molecule is CNc1nc(-c2nc3cnc(N4CCN(C)CC4)cc3n2Cc2ccccc2)cn2c(C)nnc12. The molecule has 1 aliphatic heterocycles. The number of fused-ring (bicyclic) bond motifs is 2. The lowest BCUT2D eigenvalue weighted by Gasteiger charge is -2.33. The number of aromatic nitrogens is 7.